The van der Waals surface area contributed by atoms with E-state index in [9.17, 15) is 14.7 Å². The molecular formula is C23H25N3O5. The number of fused-ring (bicyclic) bond motifs is 1. The zero-order valence-corrected chi connectivity index (χ0v) is 17.8. The van der Waals surface area contributed by atoms with Crippen LogP contribution in [0.1, 0.15) is 62.0 Å². The van der Waals surface area contributed by atoms with Gasteiger partial charge in [0.15, 0.2) is 11.8 Å². The molecule has 1 saturated heterocycles. The van der Waals surface area contributed by atoms with E-state index in [0.717, 1.165) is 30.4 Å². The second-order valence-electron chi connectivity index (χ2n) is 9.40. The highest BCUT2D eigenvalue weighted by molar-refractivity contribution is 6.01. The molecule has 0 radical (unpaired) electrons. The van der Waals surface area contributed by atoms with Crippen molar-refractivity contribution in [1.82, 2.24) is 9.88 Å². The maximum Gasteiger partial charge on any atom is 0.352 e. The van der Waals surface area contributed by atoms with Crippen molar-refractivity contribution < 1.29 is 24.3 Å². The average molecular weight is 423 g/mol. The van der Waals surface area contributed by atoms with Gasteiger partial charge in [-0.05, 0) is 68.7 Å². The van der Waals surface area contributed by atoms with Gasteiger partial charge in [0.2, 0.25) is 0 Å². The number of aromatic carboxylic acids is 1. The maximum atomic E-state index is 12.2. The molecule has 1 aromatic heterocycles. The molecule has 5 rings (SSSR count). The third-order valence-corrected chi connectivity index (χ3v) is 6.85. The van der Waals surface area contributed by atoms with Crippen molar-refractivity contribution in [3.05, 3.63) is 41.4 Å². The van der Waals surface area contributed by atoms with Crippen molar-refractivity contribution in [1.29, 1.82) is 0 Å². The molecule has 162 valence electrons. The van der Waals surface area contributed by atoms with Gasteiger partial charge in [-0.2, -0.15) is 0 Å². The number of carbonyl (C=O) groups is 1. The molecule has 0 bridgehead atoms. The molecule has 2 fully saturated rings. The molecule has 2 N–H and O–H groups in total. The Bertz CT molecular complexity index is 1170. The standard InChI is InChI=1S/C23H25N3O5/c1-13-10-23(13,21-24-19(12-27)31-25-21)26-17-5-4-14(8-16(17)9-18(26)20(28)29)15-6-7-30-22(2,3)11-15/h4-5,8-9,13,15H,6-7,10-11H2,1-3H3,(H,24,25)(H,28,29)/t13-,15-,23-/m0/s1. The van der Waals surface area contributed by atoms with Crippen molar-refractivity contribution >= 4 is 28.6 Å². The van der Waals surface area contributed by atoms with E-state index in [4.69, 9.17) is 9.57 Å². The number of carboxylic acids is 1. The lowest BCUT2D eigenvalue weighted by Crippen LogP contribution is -2.38. The van der Waals surface area contributed by atoms with Crippen LogP contribution in [0.15, 0.2) is 35.3 Å². The lowest BCUT2D eigenvalue weighted by atomic mass is 9.83. The van der Waals surface area contributed by atoms with Gasteiger partial charge >= 0.3 is 11.9 Å². The molecule has 1 aliphatic carbocycles. The highest BCUT2D eigenvalue weighted by Crippen LogP contribution is 2.54. The molecule has 3 aliphatic rings. The molecule has 2 aromatic rings. The first kappa shape index (κ1) is 19.8. The fourth-order valence-electron chi connectivity index (χ4n) is 5.22. The Balaban J connectivity index is 1.61. The third-order valence-electron chi connectivity index (χ3n) is 6.85. The predicted octanol–water partition coefficient (Wildman–Crippen LogP) is 3.35. The molecule has 1 aromatic carbocycles. The van der Waals surface area contributed by atoms with Crippen LogP contribution in [-0.4, -0.2) is 39.6 Å². The van der Waals surface area contributed by atoms with Crippen LogP contribution in [0.5, 0.6) is 0 Å². The predicted molar refractivity (Wildman–Crippen MR) is 114 cm³/mol. The van der Waals surface area contributed by atoms with E-state index in [1.807, 2.05) is 17.6 Å². The minimum Gasteiger partial charge on any atom is -0.477 e. The van der Waals surface area contributed by atoms with Crippen LogP contribution in [0.3, 0.4) is 0 Å². The SMILES string of the molecule is C[C@H]1C[C@]1(C1=NOC(=C=O)N1)n1c(C(=O)O)cc2cc([C@H]3CCOC(C)(C)C3)ccc21. The second kappa shape index (κ2) is 6.70. The molecule has 2 aliphatic heterocycles. The van der Waals surface area contributed by atoms with Crippen LogP contribution < -0.4 is 5.32 Å². The molecule has 31 heavy (non-hydrogen) atoms. The lowest BCUT2D eigenvalue weighted by molar-refractivity contribution is -0.0592. The minimum atomic E-state index is -1.01. The monoisotopic (exact) mass is 423 g/mol. The number of rotatable bonds is 4. The van der Waals surface area contributed by atoms with Crippen molar-refractivity contribution in [2.75, 3.05) is 6.61 Å². The number of hydrogen-bond donors (Lipinski definition) is 2. The molecule has 8 heteroatoms. The van der Waals surface area contributed by atoms with E-state index in [1.54, 1.807) is 12.0 Å². The number of nitrogens with zero attached hydrogens (tertiary/aromatic N) is 2. The minimum absolute atomic E-state index is 0.105. The third kappa shape index (κ3) is 3.06. The summed E-state index contributed by atoms with van der Waals surface area (Å²) in [5, 5.41) is 17.7. The fraction of sp³-hybridized carbons (Fsp3) is 0.478. The first-order chi connectivity index (χ1) is 14.7. The molecule has 3 atom stereocenters. The molecule has 0 unspecified atom stereocenters. The van der Waals surface area contributed by atoms with E-state index < -0.39 is 11.5 Å². The van der Waals surface area contributed by atoms with Gasteiger partial charge in [-0.1, -0.05) is 18.1 Å². The second-order valence-corrected chi connectivity index (χ2v) is 9.40. The van der Waals surface area contributed by atoms with Gasteiger partial charge < -0.3 is 19.2 Å². The summed E-state index contributed by atoms with van der Waals surface area (Å²) in [6.07, 6.45) is 2.56. The van der Waals surface area contributed by atoms with Gasteiger partial charge in [-0.25, -0.2) is 9.59 Å². The van der Waals surface area contributed by atoms with Crippen LogP contribution in [-0.2, 0) is 19.9 Å². The normalized spacial score (nSPS) is 29.1. The van der Waals surface area contributed by atoms with E-state index in [1.165, 1.54) is 5.56 Å². The van der Waals surface area contributed by atoms with Crippen LogP contribution in [0.25, 0.3) is 10.9 Å². The van der Waals surface area contributed by atoms with E-state index in [0.29, 0.717) is 18.2 Å². The summed E-state index contributed by atoms with van der Waals surface area (Å²) in [6.45, 7) is 6.96. The Morgan fingerprint density at radius 2 is 2.10 bits per heavy atom. The summed E-state index contributed by atoms with van der Waals surface area (Å²) >= 11 is 0. The quantitative estimate of drug-likeness (QED) is 0.731. The molecule has 0 amide bonds. The highest BCUT2D eigenvalue weighted by Gasteiger charge is 2.60. The van der Waals surface area contributed by atoms with Gasteiger partial charge in [-0.15, -0.1) is 0 Å². The highest BCUT2D eigenvalue weighted by atomic mass is 16.7. The summed E-state index contributed by atoms with van der Waals surface area (Å²) in [6, 6.07) is 7.92. The zero-order chi connectivity index (χ0) is 22.0. The lowest BCUT2D eigenvalue weighted by Gasteiger charge is -2.35. The van der Waals surface area contributed by atoms with Crippen LogP contribution >= 0.6 is 0 Å². The largest absolute Gasteiger partial charge is 0.477 e. The summed E-state index contributed by atoms with van der Waals surface area (Å²) < 4.78 is 7.69. The Morgan fingerprint density at radius 1 is 1.32 bits per heavy atom. The Labute approximate surface area is 179 Å². The first-order valence-electron chi connectivity index (χ1n) is 10.6. The van der Waals surface area contributed by atoms with Gasteiger partial charge in [0, 0.05) is 17.5 Å². The summed E-state index contributed by atoms with van der Waals surface area (Å²) in [5.74, 6) is 1.48. The molecule has 0 spiro atoms. The van der Waals surface area contributed by atoms with Crippen molar-refractivity contribution in [2.24, 2.45) is 11.1 Å². The van der Waals surface area contributed by atoms with Crippen molar-refractivity contribution in [2.45, 2.75) is 57.1 Å². The number of ether oxygens (including phenoxy) is 1. The molecule has 3 heterocycles. The number of hydrogen-bond acceptors (Lipinski definition) is 6. The van der Waals surface area contributed by atoms with Gasteiger partial charge in [0.25, 0.3) is 0 Å². The van der Waals surface area contributed by atoms with E-state index in [-0.39, 0.29) is 23.1 Å². The summed E-state index contributed by atoms with van der Waals surface area (Å²) in [4.78, 5) is 28.2. The average Bonchev–Trinajstić information content (AvgIpc) is 3.11. The van der Waals surface area contributed by atoms with Crippen molar-refractivity contribution in [3.63, 3.8) is 0 Å². The number of benzene rings is 1. The summed E-state index contributed by atoms with van der Waals surface area (Å²) in [7, 11) is 0. The van der Waals surface area contributed by atoms with Crippen molar-refractivity contribution in [3.8, 4) is 0 Å². The van der Waals surface area contributed by atoms with Crippen LogP contribution in [0.2, 0.25) is 0 Å². The van der Waals surface area contributed by atoms with Gasteiger partial charge in [-0.3, -0.25) is 5.32 Å². The van der Waals surface area contributed by atoms with Crippen LogP contribution in [0.4, 0.5) is 0 Å². The number of nitrogens with one attached hydrogen (secondary N) is 1. The number of aromatic nitrogens is 1. The molecule has 8 nitrogen and oxygen atoms in total. The van der Waals surface area contributed by atoms with Gasteiger partial charge in [0.1, 0.15) is 11.2 Å². The molecular weight excluding hydrogens is 398 g/mol. The number of carbonyl (C=O) groups excluding carboxylic acids is 1. The maximum absolute atomic E-state index is 12.2. The van der Waals surface area contributed by atoms with Crippen LogP contribution in [0, 0.1) is 5.92 Å². The molecule has 1 saturated carbocycles. The zero-order valence-electron chi connectivity index (χ0n) is 17.8. The Hall–Kier alpha value is -3.09. The topological polar surface area (TPSA) is 102 Å². The number of carboxylic acid groups (broad SMARTS) is 1. The first-order valence-corrected chi connectivity index (χ1v) is 10.6. The summed E-state index contributed by atoms with van der Waals surface area (Å²) in [5.41, 5.74) is 1.35. The Morgan fingerprint density at radius 3 is 2.71 bits per heavy atom. The number of amidine groups is 1. The number of oxime groups is 1. The van der Waals surface area contributed by atoms with E-state index in [2.05, 4.69) is 36.5 Å². The Kier molecular flexibility index (Phi) is 4.29. The smallest absolute Gasteiger partial charge is 0.352 e. The van der Waals surface area contributed by atoms with Gasteiger partial charge in [0.05, 0.1) is 5.60 Å². The fourth-order valence-corrected chi connectivity index (χ4v) is 5.22. The van der Waals surface area contributed by atoms with E-state index >= 15 is 0 Å².